The van der Waals surface area contributed by atoms with E-state index in [4.69, 9.17) is 0 Å². The number of halogens is 1. The summed E-state index contributed by atoms with van der Waals surface area (Å²) in [6.45, 7) is 3.70. The number of carbonyl (C=O) groups is 1. The molecule has 2 aromatic heterocycles. The maximum absolute atomic E-state index is 13.6. The van der Waals surface area contributed by atoms with Gasteiger partial charge in [0.05, 0.1) is 11.4 Å². The number of nitrogens with zero attached hydrogens (tertiary/aromatic N) is 5. The Morgan fingerprint density at radius 3 is 2.75 bits per heavy atom. The molecule has 0 unspecified atom stereocenters. The molecule has 124 valence electrons. The van der Waals surface area contributed by atoms with Gasteiger partial charge in [0.1, 0.15) is 17.9 Å². The summed E-state index contributed by atoms with van der Waals surface area (Å²) in [7, 11) is 0. The fourth-order valence-electron chi connectivity index (χ4n) is 2.39. The zero-order valence-electron chi connectivity index (χ0n) is 13.2. The number of aromatic nitrogens is 5. The first kappa shape index (κ1) is 15.8. The molecule has 1 N–H and O–H groups in total. The summed E-state index contributed by atoms with van der Waals surface area (Å²) < 4.78 is 16.0. The van der Waals surface area contributed by atoms with Gasteiger partial charge in [-0.1, -0.05) is 17.3 Å². The van der Waals surface area contributed by atoms with Crippen LogP contribution in [0.5, 0.6) is 0 Å². The molecule has 0 bridgehead atoms. The first-order valence-corrected chi connectivity index (χ1v) is 7.36. The highest BCUT2D eigenvalue weighted by Crippen LogP contribution is 2.12. The van der Waals surface area contributed by atoms with E-state index in [0.29, 0.717) is 23.3 Å². The normalized spacial score (nSPS) is 11.0. The lowest BCUT2D eigenvalue weighted by Gasteiger charge is -2.07. The van der Waals surface area contributed by atoms with Gasteiger partial charge in [-0.3, -0.25) is 14.3 Å². The van der Waals surface area contributed by atoms with Crippen LogP contribution in [-0.2, 0) is 17.9 Å². The van der Waals surface area contributed by atoms with Crippen molar-refractivity contribution in [2.24, 2.45) is 0 Å². The number of para-hydroxylation sites is 1. The van der Waals surface area contributed by atoms with Crippen molar-refractivity contribution in [1.29, 1.82) is 0 Å². The summed E-state index contributed by atoms with van der Waals surface area (Å²) in [5.41, 5.74) is 0.876. The summed E-state index contributed by atoms with van der Waals surface area (Å²) in [5, 5.41) is 14.4. The smallest absolute Gasteiger partial charge is 0.296 e. The lowest BCUT2D eigenvalue weighted by molar-refractivity contribution is -0.117. The van der Waals surface area contributed by atoms with Crippen molar-refractivity contribution in [2.45, 2.75) is 26.9 Å². The van der Waals surface area contributed by atoms with Crippen LogP contribution in [0.3, 0.4) is 0 Å². The minimum absolute atomic E-state index is 0.0408. The summed E-state index contributed by atoms with van der Waals surface area (Å²) in [6, 6.07) is 5.78. The molecule has 3 rings (SSSR count). The Morgan fingerprint density at radius 2 is 2.04 bits per heavy atom. The molecule has 24 heavy (non-hydrogen) atoms. The first-order valence-electron chi connectivity index (χ1n) is 7.36. The van der Waals surface area contributed by atoms with Crippen molar-refractivity contribution in [3.05, 3.63) is 46.1 Å². The van der Waals surface area contributed by atoms with Gasteiger partial charge in [0.15, 0.2) is 5.52 Å². The van der Waals surface area contributed by atoms with E-state index < -0.39 is 17.3 Å². The fourth-order valence-corrected chi connectivity index (χ4v) is 2.39. The second kappa shape index (κ2) is 6.19. The van der Waals surface area contributed by atoms with Gasteiger partial charge in [0.2, 0.25) is 5.91 Å². The van der Waals surface area contributed by atoms with Gasteiger partial charge in [-0.25, -0.2) is 4.39 Å². The molecular weight excluding hydrogens is 315 g/mol. The Labute approximate surface area is 135 Å². The number of rotatable bonds is 4. The monoisotopic (exact) mass is 330 g/mol. The number of nitrogens with one attached hydrogen (secondary N) is 1. The van der Waals surface area contributed by atoms with Crippen LogP contribution in [0.1, 0.15) is 12.6 Å². The van der Waals surface area contributed by atoms with Crippen molar-refractivity contribution in [1.82, 2.24) is 24.8 Å². The van der Waals surface area contributed by atoms with Crippen LogP contribution in [0, 0.1) is 12.7 Å². The SMILES string of the molecule is CCn1nc(C)c2nnn(CC(=O)Nc3ccccc3F)c(=O)c21. The fraction of sp³-hybridized carbons (Fsp3) is 0.267. The quantitative estimate of drug-likeness (QED) is 0.773. The van der Waals surface area contributed by atoms with Gasteiger partial charge in [0.25, 0.3) is 5.56 Å². The number of aryl methyl sites for hydroxylation is 2. The average Bonchev–Trinajstić information content (AvgIpc) is 2.89. The van der Waals surface area contributed by atoms with E-state index in [0.717, 1.165) is 4.68 Å². The van der Waals surface area contributed by atoms with Gasteiger partial charge in [-0.2, -0.15) is 9.78 Å². The maximum atomic E-state index is 13.6. The number of carbonyl (C=O) groups excluding carboxylic acids is 1. The summed E-state index contributed by atoms with van der Waals surface area (Å²) in [4.78, 5) is 24.6. The molecule has 1 amide bonds. The zero-order chi connectivity index (χ0) is 17.3. The molecule has 0 saturated carbocycles. The van der Waals surface area contributed by atoms with E-state index in [2.05, 4.69) is 20.7 Å². The zero-order valence-corrected chi connectivity index (χ0v) is 13.2. The number of hydrogen-bond donors (Lipinski definition) is 1. The molecule has 0 aliphatic heterocycles. The molecule has 8 nitrogen and oxygen atoms in total. The molecule has 0 radical (unpaired) electrons. The number of amides is 1. The van der Waals surface area contributed by atoms with Crippen LogP contribution in [0.25, 0.3) is 11.0 Å². The number of hydrogen-bond acceptors (Lipinski definition) is 5. The number of benzene rings is 1. The van der Waals surface area contributed by atoms with Crippen molar-refractivity contribution >= 4 is 22.6 Å². The third-order valence-corrected chi connectivity index (χ3v) is 3.53. The minimum Gasteiger partial charge on any atom is -0.322 e. The molecule has 0 aliphatic rings. The van der Waals surface area contributed by atoms with Crippen LogP contribution in [-0.4, -0.2) is 30.7 Å². The highest BCUT2D eigenvalue weighted by Gasteiger charge is 2.16. The van der Waals surface area contributed by atoms with E-state index in [9.17, 15) is 14.0 Å². The van der Waals surface area contributed by atoms with Crippen molar-refractivity contribution in [3.63, 3.8) is 0 Å². The molecule has 0 atom stereocenters. The number of fused-ring (bicyclic) bond motifs is 1. The molecule has 9 heteroatoms. The van der Waals surface area contributed by atoms with Gasteiger partial charge >= 0.3 is 0 Å². The van der Waals surface area contributed by atoms with Crippen LogP contribution in [0.2, 0.25) is 0 Å². The molecular formula is C15H15FN6O2. The van der Waals surface area contributed by atoms with Crippen molar-refractivity contribution in [3.8, 4) is 0 Å². The Balaban J connectivity index is 1.90. The standard InChI is InChI=1S/C15H15FN6O2/c1-3-21-14-13(9(2)19-21)18-20-22(15(14)24)8-12(23)17-11-7-5-4-6-10(11)16/h4-7H,3,8H2,1-2H3,(H,17,23). The Hall–Kier alpha value is -3.10. The molecule has 0 saturated heterocycles. The van der Waals surface area contributed by atoms with E-state index in [1.54, 1.807) is 13.0 Å². The summed E-state index contributed by atoms with van der Waals surface area (Å²) in [5.74, 6) is -1.13. The molecule has 0 fully saturated rings. The highest BCUT2D eigenvalue weighted by molar-refractivity contribution is 5.90. The van der Waals surface area contributed by atoms with E-state index in [1.807, 2.05) is 6.92 Å². The van der Waals surface area contributed by atoms with E-state index >= 15 is 0 Å². The second-order valence-electron chi connectivity index (χ2n) is 5.18. The summed E-state index contributed by atoms with van der Waals surface area (Å²) >= 11 is 0. The Bertz CT molecular complexity index is 978. The van der Waals surface area contributed by atoms with Crippen LogP contribution < -0.4 is 10.9 Å². The molecule has 0 spiro atoms. The Kier molecular flexibility index (Phi) is 4.07. The van der Waals surface area contributed by atoms with E-state index in [1.165, 1.54) is 22.9 Å². The lowest BCUT2D eigenvalue weighted by Crippen LogP contribution is -2.31. The average molecular weight is 330 g/mol. The minimum atomic E-state index is -0.574. The third-order valence-electron chi connectivity index (χ3n) is 3.53. The van der Waals surface area contributed by atoms with Gasteiger partial charge in [-0.15, -0.1) is 5.10 Å². The van der Waals surface area contributed by atoms with Crippen LogP contribution >= 0.6 is 0 Å². The summed E-state index contributed by atoms with van der Waals surface area (Å²) in [6.07, 6.45) is 0. The molecule has 0 aliphatic carbocycles. The predicted molar refractivity (Wildman–Crippen MR) is 85.0 cm³/mol. The Morgan fingerprint density at radius 1 is 1.29 bits per heavy atom. The van der Waals surface area contributed by atoms with Gasteiger partial charge < -0.3 is 5.32 Å². The predicted octanol–water partition coefficient (Wildman–Crippen LogP) is 1.09. The van der Waals surface area contributed by atoms with E-state index in [-0.39, 0.29) is 12.2 Å². The van der Waals surface area contributed by atoms with Crippen molar-refractivity contribution in [2.75, 3.05) is 5.32 Å². The largest absolute Gasteiger partial charge is 0.322 e. The highest BCUT2D eigenvalue weighted by atomic mass is 19.1. The van der Waals surface area contributed by atoms with Crippen molar-refractivity contribution < 1.29 is 9.18 Å². The maximum Gasteiger partial charge on any atom is 0.296 e. The van der Waals surface area contributed by atoms with Gasteiger partial charge in [-0.05, 0) is 26.0 Å². The topological polar surface area (TPSA) is 94.7 Å². The lowest BCUT2D eigenvalue weighted by atomic mass is 10.3. The molecule has 2 heterocycles. The van der Waals surface area contributed by atoms with Crippen LogP contribution in [0.4, 0.5) is 10.1 Å². The number of anilines is 1. The van der Waals surface area contributed by atoms with Gasteiger partial charge in [0, 0.05) is 6.54 Å². The molecule has 1 aromatic carbocycles. The van der Waals surface area contributed by atoms with Crippen LogP contribution in [0.15, 0.2) is 29.1 Å². The second-order valence-corrected chi connectivity index (χ2v) is 5.18. The first-order chi connectivity index (χ1) is 11.5. The third kappa shape index (κ3) is 2.75. The molecule has 3 aromatic rings.